The van der Waals surface area contributed by atoms with E-state index in [0.717, 1.165) is 5.56 Å². The van der Waals surface area contributed by atoms with E-state index < -0.39 is 11.8 Å². The van der Waals surface area contributed by atoms with Gasteiger partial charge >= 0.3 is 5.97 Å². The molecule has 10 heteroatoms. The van der Waals surface area contributed by atoms with E-state index in [4.69, 9.17) is 4.74 Å². The van der Waals surface area contributed by atoms with Crippen LogP contribution in [0.3, 0.4) is 0 Å². The second kappa shape index (κ2) is 12.2. The van der Waals surface area contributed by atoms with Crippen LogP contribution in [0.4, 0.5) is 8.78 Å². The van der Waals surface area contributed by atoms with Crippen LogP contribution in [-0.4, -0.2) is 38.1 Å². The number of nitrogens with zero attached hydrogens (tertiary/aromatic N) is 3. The summed E-state index contributed by atoms with van der Waals surface area (Å²) in [6.45, 7) is 3.86. The lowest BCUT2D eigenvalue weighted by molar-refractivity contribution is -0.118. The topological polar surface area (TPSA) is 106 Å². The Morgan fingerprint density at radius 2 is 1.74 bits per heavy atom. The van der Waals surface area contributed by atoms with Crippen LogP contribution in [0.15, 0.2) is 72.8 Å². The van der Waals surface area contributed by atoms with Gasteiger partial charge in [0.05, 0.1) is 22.3 Å². The fourth-order valence-corrected chi connectivity index (χ4v) is 4.63. The SMILES string of the molecule is CC(=O)NCCn1c(Cc2ccc(-c3cccc(OCc4ccc(C)cc4F)n3)cc2F)nc2ccc(C(=O)O)cc21. The number of carboxylic acid groups (broad SMARTS) is 1. The molecule has 0 bridgehead atoms. The van der Waals surface area contributed by atoms with Crippen molar-refractivity contribution in [1.82, 2.24) is 19.9 Å². The average Bonchev–Trinajstić information content (AvgIpc) is 3.29. The molecule has 2 heterocycles. The van der Waals surface area contributed by atoms with Crippen molar-refractivity contribution < 1.29 is 28.2 Å². The molecule has 5 aromatic rings. The highest BCUT2D eigenvalue weighted by atomic mass is 19.1. The predicted molar refractivity (Wildman–Crippen MR) is 153 cm³/mol. The van der Waals surface area contributed by atoms with Crippen molar-refractivity contribution in [2.45, 2.75) is 33.4 Å². The molecule has 0 atom stereocenters. The summed E-state index contributed by atoms with van der Waals surface area (Å²) >= 11 is 0. The quantitative estimate of drug-likeness (QED) is 0.224. The van der Waals surface area contributed by atoms with E-state index in [-0.39, 0.29) is 36.2 Å². The largest absolute Gasteiger partial charge is 0.478 e. The molecule has 214 valence electrons. The maximum Gasteiger partial charge on any atom is 0.335 e. The van der Waals surface area contributed by atoms with Gasteiger partial charge in [-0.3, -0.25) is 4.79 Å². The number of aromatic carboxylic acids is 1. The fourth-order valence-electron chi connectivity index (χ4n) is 4.63. The Bertz CT molecular complexity index is 1800. The molecule has 2 N–H and O–H groups in total. The van der Waals surface area contributed by atoms with Crippen LogP contribution in [0.5, 0.6) is 5.88 Å². The lowest BCUT2D eigenvalue weighted by Gasteiger charge is -2.12. The Labute approximate surface area is 240 Å². The molecule has 0 aliphatic heterocycles. The van der Waals surface area contributed by atoms with Crippen molar-refractivity contribution in [3.8, 4) is 17.1 Å². The summed E-state index contributed by atoms with van der Waals surface area (Å²) in [4.78, 5) is 32.0. The smallest absolute Gasteiger partial charge is 0.335 e. The van der Waals surface area contributed by atoms with Crippen molar-refractivity contribution in [3.63, 3.8) is 0 Å². The van der Waals surface area contributed by atoms with Crippen molar-refractivity contribution in [2.24, 2.45) is 0 Å². The van der Waals surface area contributed by atoms with Crippen LogP contribution in [0.2, 0.25) is 0 Å². The molecule has 0 saturated carbocycles. The van der Waals surface area contributed by atoms with Gasteiger partial charge in [-0.1, -0.05) is 30.3 Å². The number of amides is 1. The second-order valence-corrected chi connectivity index (χ2v) is 9.90. The van der Waals surface area contributed by atoms with E-state index in [1.807, 2.05) is 6.92 Å². The Morgan fingerprint density at radius 3 is 2.48 bits per heavy atom. The molecule has 0 fully saturated rings. The maximum atomic E-state index is 15.4. The van der Waals surface area contributed by atoms with Gasteiger partial charge in [0.2, 0.25) is 11.8 Å². The first-order valence-electron chi connectivity index (χ1n) is 13.3. The van der Waals surface area contributed by atoms with Gasteiger partial charge in [0, 0.05) is 43.6 Å². The third kappa shape index (κ3) is 6.43. The first-order valence-corrected chi connectivity index (χ1v) is 13.3. The number of fused-ring (bicyclic) bond motifs is 1. The lowest BCUT2D eigenvalue weighted by atomic mass is 10.1. The monoisotopic (exact) mass is 570 g/mol. The number of aryl methyl sites for hydroxylation is 1. The number of nitrogens with one attached hydrogen (secondary N) is 1. The summed E-state index contributed by atoms with van der Waals surface area (Å²) in [5, 5.41) is 12.2. The van der Waals surface area contributed by atoms with E-state index in [0.29, 0.717) is 52.3 Å². The molecular formula is C32H28F2N4O4. The van der Waals surface area contributed by atoms with Crippen LogP contribution >= 0.6 is 0 Å². The minimum atomic E-state index is -1.07. The molecule has 8 nitrogen and oxygen atoms in total. The highest BCUT2D eigenvalue weighted by molar-refractivity contribution is 5.92. The standard InChI is InChI=1S/C32H28F2N4O4/c1-19-6-7-24(25(33)14-19)18-42-31-5-3-4-27(37-31)22-9-8-21(26(34)15-22)17-30-36-28-11-10-23(32(40)41)16-29(28)38(30)13-12-35-20(2)39/h3-11,14-16H,12-13,17-18H2,1-2H3,(H,35,39)(H,40,41). The summed E-state index contributed by atoms with van der Waals surface area (Å²) < 4.78 is 37.1. The number of hydrogen-bond acceptors (Lipinski definition) is 5. The van der Waals surface area contributed by atoms with Gasteiger partial charge < -0.3 is 19.7 Å². The molecule has 0 saturated heterocycles. The second-order valence-electron chi connectivity index (χ2n) is 9.90. The molecule has 0 spiro atoms. The highest BCUT2D eigenvalue weighted by Gasteiger charge is 2.16. The maximum absolute atomic E-state index is 15.4. The molecule has 3 aromatic carbocycles. The normalized spacial score (nSPS) is 11.0. The molecule has 0 aliphatic carbocycles. The van der Waals surface area contributed by atoms with Gasteiger partial charge in [-0.2, -0.15) is 0 Å². The van der Waals surface area contributed by atoms with Crippen LogP contribution in [0.25, 0.3) is 22.3 Å². The van der Waals surface area contributed by atoms with E-state index in [9.17, 15) is 19.1 Å². The number of aromatic nitrogens is 3. The van der Waals surface area contributed by atoms with Crippen molar-refractivity contribution in [1.29, 1.82) is 0 Å². The summed E-state index contributed by atoms with van der Waals surface area (Å²) in [5.74, 6) is -1.27. The molecule has 2 aromatic heterocycles. The molecule has 42 heavy (non-hydrogen) atoms. The van der Waals surface area contributed by atoms with Crippen LogP contribution in [-0.2, 0) is 24.4 Å². The van der Waals surface area contributed by atoms with Crippen molar-refractivity contribution >= 4 is 22.9 Å². The molecular weight excluding hydrogens is 542 g/mol. The molecule has 0 radical (unpaired) electrons. The zero-order chi connectivity index (χ0) is 29.8. The summed E-state index contributed by atoms with van der Waals surface area (Å²) in [6, 6.07) is 19.4. The Balaban J connectivity index is 1.37. The number of carbonyl (C=O) groups excluding carboxylic acids is 1. The van der Waals surface area contributed by atoms with Gasteiger partial charge in [0.1, 0.15) is 24.1 Å². The summed E-state index contributed by atoms with van der Waals surface area (Å²) in [7, 11) is 0. The summed E-state index contributed by atoms with van der Waals surface area (Å²) in [5.41, 5.74) is 3.89. The van der Waals surface area contributed by atoms with Gasteiger partial charge in [0.25, 0.3) is 0 Å². The number of carboxylic acids is 1. The molecule has 1 amide bonds. The Kier molecular flexibility index (Phi) is 8.24. The molecule has 5 rings (SSSR count). The zero-order valence-electron chi connectivity index (χ0n) is 23.0. The van der Waals surface area contributed by atoms with Gasteiger partial charge in [0.15, 0.2) is 0 Å². The number of rotatable bonds is 10. The molecule has 0 aliphatic rings. The van der Waals surface area contributed by atoms with Crippen LogP contribution in [0, 0.1) is 18.6 Å². The summed E-state index contributed by atoms with van der Waals surface area (Å²) in [6.07, 6.45) is 0.141. The van der Waals surface area contributed by atoms with Crippen LogP contribution < -0.4 is 10.1 Å². The van der Waals surface area contributed by atoms with Gasteiger partial charge in [-0.05, 0) is 54.4 Å². The fraction of sp³-hybridized carbons (Fsp3) is 0.188. The van der Waals surface area contributed by atoms with Crippen molar-refractivity contribution in [2.75, 3.05) is 6.54 Å². The van der Waals surface area contributed by atoms with Gasteiger partial charge in [-0.25, -0.2) is 23.5 Å². The van der Waals surface area contributed by atoms with Gasteiger partial charge in [-0.15, -0.1) is 0 Å². The van der Waals surface area contributed by atoms with E-state index in [1.54, 1.807) is 53.1 Å². The van der Waals surface area contributed by atoms with E-state index in [1.165, 1.54) is 31.2 Å². The first kappa shape index (κ1) is 28.4. The number of carbonyl (C=O) groups is 2. The average molecular weight is 571 g/mol. The number of imidazole rings is 1. The highest BCUT2D eigenvalue weighted by Crippen LogP contribution is 2.26. The predicted octanol–water partition coefficient (Wildman–Crippen LogP) is 5.69. The Morgan fingerprint density at radius 1 is 0.952 bits per heavy atom. The van der Waals surface area contributed by atoms with Crippen molar-refractivity contribution in [3.05, 3.63) is 113 Å². The Hall–Kier alpha value is -5.12. The number of hydrogen-bond donors (Lipinski definition) is 2. The number of pyridine rings is 1. The third-order valence-corrected chi connectivity index (χ3v) is 6.79. The zero-order valence-corrected chi connectivity index (χ0v) is 23.0. The minimum absolute atomic E-state index is 0.00671. The first-order chi connectivity index (χ1) is 20.2. The van der Waals surface area contributed by atoms with E-state index in [2.05, 4.69) is 15.3 Å². The third-order valence-electron chi connectivity index (χ3n) is 6.79. The van der Waals surface area contributed by atoms with E-state index >= 15 is 4.39 Å². The lowest BCUT2D eigenvalue weighted by Crippen LogP contribution is -2.25. The minimum Gasteiger partial charge on any atom is -0.478 e. The van der Waals surface area contributed by atoms with Crippen LogP contribution in [0.1, 0.15) is 39.8 Å². The number of ether oxygens (including phenoxy) is 1. The molecule has 0 unspecified atom stereocenters. The number of halogens is 2. The number of benzene rings is 3.